The van der Waals surface area contributed by atoms with E-state index in [0.717, 1.165) is 12.1 Å². The van der Waals surface area contributed by atoms with Gasteiger partial charge < -0.3 is 10.1 Å². The van der Waals surface area contributed by atoms with Crippen molar-refractivity contribution in [3.8, 4) is 0 Å². The summed E-state index contributed by atoms with van der Waals surface area (Å²) in [7, 11) is 2.60. The summed E-state index contributed by atoms with van der Waals surface area (Å²) in [5.74, 6) is -1.56. The highest BCUT2D eigenvalue weighted by Crippen LogP contribution is 2.18. The Balaban J connectivity index is 2.77. The van der Waals surface area contributed by atoms with E-state index in [1.807, 2.05) is 0 Å². The van der Waals surface area contributed by atoms with Crippen molar-refractivity contribution in [1.82, 2.24) is 5.32 Å². The molecule has 0 saturated carbocycles. The van der Waals surface area contributed by atoms with Crippen molar-refractivity contribution in [2.24, 2.45) is 0 Å². The Morgan fingerprint density at radius 2 is 2.16 bits per heavy atom. The first-order valence-corrected chi connectivity index (χ1v) is 7.68. The Bertz CT molecular complexity index is 562. The number of carbonyl (C=O) groups is 1. The Kier molecular flexibility index (Phi) is 5.71. The molecular weight excluding hydrogens is 297 g/mol. The van der Waals surface area contributed by atoms with Crippen LogP contribution in [0.3, 0.4) is 0 Å². The minimum Gasteiger partial charge on any atom is -0.385 e. The van der Waals surface area contributed by atoms with E-state index < -0.39 is 20.8 Å². The van der Waals surface area contributed by atoms with Crippen molar-refractivity contribution in [3.05, 3.63) is 29.6 Å². The Labute approximate surface area is 115 Å². The molecule has 8 heteroatoms. The molecule has 0 fully saturated rings. The third-order valence-corrected chi connectivity index (χ3v) is 3.63. The predicted molar refractivity (Wildman–Crippen MR) is 68.3 cm³/mol. The van der Waals surface area contributed by atoms with Crippen LogP contribution in [-0.4, -0.2) is 34.6 Å². The van der Waals surface area contributed by atoms with E-state index in [0.29, 0.717) is 25.6 Å². The summed E-state index contributed by atoms with van der Waals surface area (Å²) in [4.78, 5) is 11.2. The van der Waals surface area contributed by atoms with Crippen LogP contribution in [0.1, 0.15) is 16.8 Å². The van der Waals surface area contributed by atoms with Gasteiger partial charge in [-0.15, -0.1) is 0 Å². The number of methoxy groups -OCH3 is 1. The van der Waals surface area contributed by atoms with E-state index in [1.165, 1.54) is 7.11 Å². The van der Waals surface area contributed by atoms with Gasteiger partial charge in [-0.25, -0.2) is 12.8 Å². The highest BCUT2D eigenvalue weighted by atomic mass is 35.7. The van der Waals surface area contributed by atoms with Crippen LogP contribution in [0.25, 0.3) is 0 Å². The number of hydrogen-bond donors (Lipinski definition) is 1. The van der Waals surface area contributed by atoms with Crippen LogP contribution < -0.4 is 5.32 Å². The lowest BCUT2D eigenvalue weighted by atomic mass is 10.2. The monoisotopic (exact) mass is 309 g/mol. The Hall–Kier alpha value is -1.18. The highest BCUT2D eigenvalue weighted by molar-refractivity contribution is 8.13. The average molecular weight is 310 g/mol. The zero-order valence-electron chi connectivity index (χ0n) is 10.2. The molecular formula is C11H13ClFNO4S. The number of rotatable bonds is 6. The molecule has 1 N–H and O–H groups in total. The van der Waals surface area contributed by atoms with Gasteiger partial charge in [-0.3, -0.25) is 4.79 Å². The van der Waals surface area contributed by atoms with Crippen molar-refractivity contribution in [2.45, 2.75) is 11.3 Å². The fraction of sp³-hybridized carbons (Fsp3) is 0.364. The molecule has 19 heavy (non-hydrogen) atoms. The van der Waals surface area contributed by atoms with Gasteiger partial charge in [0.15, 0.2) is 0 Å². The molecule has 0 spiro atoms. The third-order valence-electron chi connectivity index (χ3n) is 2.28. The van der Waals surface area contributed by atoms with Gasteiger partial charge in [0, 0.05) is 30.9 Å². The van der Waals surface area contributed by atoms with Gasteiger partial charge in [-0.05, 0) is 24.6 Å². The largest absolute Gasteiger partial charge is 0.385 e. The number of benzene rings is 1. The molecule has 0 aliphatic heterocycles. The smallest absolute Gasteiger partial charge is 0.261 e. The molecule has 0 aliphatic rings. The number of halogens is 2. The van der Waals surface area contributed by atoms with Crippen molar-refractivity contribution >= 4 is 25.6 Å². The van der Waals surface area contributed by atoms with Gasteiger partial charge in [-0.2, -0.15) is 0 Å². The van der Waals surface area contributed by atoms with Crippen LogP contribution in [0.4, 0.5) is 4.39 Å². The molecule has 1 rings (SSSR count). The van der Waals surface area contributed by atoms with E-state index in [-0.39, 0.29) is 10.5 Å². The van der Waals surface area contributed by atoms with E-state index in [4.69, 9.17) is 15.4 Å². The van der Waals surface area contributed by atoms with Crippen LogP contribution >= 0.6 is 10.7 Å². The lowest BCUT2D eigenvalue weighted by molar-refractivity contribution is 0.0944. The van der Waals surface area contributed by atoms with Crippen molar-refractivity contribution in [3.63, 3.8) is 0 Å². The first-order valence-electron chi connectivity index (χ1n) is 5.37. The summed E-state index contributed by atoms with van der Waals surface area (Å²) in [6.45, 7) is 0.813. The quantitative estimate of drug-likeness (QED) is 0.639. The van der Waals surface area contributed by atoms with Crippen molar-refractivity contribution in [2.75, 3.05) is 20.3 Å². The molecule has 0 saturated heterocycles. The number of carbonyl (C=O) groups excluding carboxylic acids is 1. The van der Waals surface area contributed by atoms with Gasteiger partial charge >= 0.3 is 0 Å². The molecule has 0 atom stereocenters. The minimum atomic E-state index is -4.01. The van der Waals surface area contributed by atoms with Gasteiger partial charge in [0.05, 0.1) is 10.5 Å². The molecule has 0 aromatic heterocycles. The molecule has 0 bridgehead atoms. The maximum absolute atomic E-state index is 13.6. The summed E-state index contributed by atoms with van der Waals surface area (Å²) < 4.78 is 40.4. The predicted octanol–water partition coefficient (Wildman–Crippen LogP) is 1.52. The molecule has 1 aromatic rings. The zero-order chi connectivity index (χ0) is 14.5. The lowest BCUT2D eigenvalue weighted by Gasteiger charge is -2.06. The SMILES string of the molecule is COCCCNC(=O)c1ccc(S(=O)(=O)Cl)cc1F. The minimum absolute atomic E-state index is 0.235. The molecule has 1 amide bonds. The summed E-state index contributed by atoms with van der Waals surface area (Å²) in [6.07, 6.45) is 0.595. The normalized spacial score (nSPS) is 11.3. The fourth-order valence-electron chi connectivity index (χ4n) is 1.35. The topological polar surface area (TPSA) is 72.5 Å². The second-order valence-electron chi connectivity index (χ2n) is 3.68. The Morgan fingerprint density at radius 3 is 2.68 bits per heavy atom. The maximum Gasteiger partial charge on any atom is 0.261 e. The Morgan fingerprint density at radius 1 is 1.47 bits per heavy atom. The van der Waals surface area contributed by atoms with Gasteiger partial charge in [0.1, 0.15) is 5.82 Å². The van der Waals surface area contributed by atoms with Gasteiger partial charge in [-0.1, -0.05) is 0 Å². The van der Waals surface area contributed by atoms with Gasteiger partial charge in [0.2, 0.25) is 0 Å². The van der Waals surface area contributed by atoms with E-state index in [2.05, 4.69) is 5.32 Å². The van der Waals surface area contributed by atoms with Crippen molar-refractivity contribution in [1.29, 1.82) is 0 Å². The molecule has 0 aliphatic carbocycles. The maximum atomic E-state index is 13.6. The summed E-state index contributed by atoms with van der Waals surface area (Å²) in [6, 6.07) is 2.87. The highest BCUT2D eigenvalue weighted by Gasteiger charge is 2.16. The summed E-state index contributed by atoms with van der Waals surface area (Å²) in [5.41, 5.74) is -0.235. The average Bonchev–Trinajstić information content (AvgIpc) is 2.33. The lowest BCUT2D eigenvalue weighted by Crippen LogP contribution is -2.26. The molecule has 0 unspecified atom stereocenters. The molecule has 1 aromatic carbocycles. The first kappa shape index (κ1) is 15.9. The standard InChI is InChI=1S/C11H13ClFNO4S/c1-18-6-2-5-14-11(15)9-4-3-8(7-10(9)13)19(12,16)17/h3-4,7H,2,5-6H2,1H3,(H,14,15). The zero-order valence-corrected chi connectivity index (χ0v) is 11.7. The van der Waals surface area contributed by atoms with Crippen LogP contribution in [0.2, 0.25) is 0 Å². The second-order valence-corrected chi connectivity index (χ2v) is 6.25. The number of ether oxygens (including phenoxy) is 1. The van der Waals surface area contributed by atoms with Crippen LogP contribution in [-0.2, 0) is 13.8 Å². The van der Waals surface area contributed by atoms with E-state index >= 15 is 0 Å². The van der Waals surface area contributed by atoms with Crippen LogP contribution in [0.5, 0.6) is 0 Å². The molecule has 0 radical (unpaired) electrons. The third kappa shape index (κ3) is 4.77. The molecule has 5 nitrogen and oxygen atoms in total. The molecule has 106 valence electrons. The van der Waals surface area contributed by atoms with E-state index in [1.54, 1.807) is 0 Å². The molecule has 0 heterocycles. The number of nitrogens with one attached hydrogen (secondary N) is 1. The fourth-order valence-corrected chi connectivity index (χ4v) is 2.11. The summed E-state index contributed by atoms with van der Waals surface area (Å²) in [5, 5.41) is 2.49. The first-order chi connectivity index (χ1) is 8.86. The second kappa shape index (κ2) is 6.83. The van der Waals surface area contributed by atoms with Crippen LogP contribution in [0, 0.1) is 5.82 Å². The number of hydrogen-bond acceptors (Lipinski definition) is 4. The van der Waals surface area contributed by atoms with E-state index in [9.17, 15) is 17.6 Å². The number of amides is 1. The summed E-state index contributed by atoms with van der Waals surface area (Å²) >= 11 is 0. The van der Waals surface area contributed by atoms with Gasteiger partial charge in [0.25, 0.3) is 15.0 Å². The van der Waals surface area contributed by atoms with Crippen LogP contribution in [0.15, 0.2) is 23.1 Å². The van der Waals surface area contributed by atoms with Crippen molar-refractivity contribution < 1.29 is 22.3 Å².